The first-order valence-corrected chi connectivity index (χ1v) is 8.24. The number of pyridine rings is 1. The van der Waals surface area contributed by atoms with Crippen molar-refractivity contribution in [3.05, 3.63) is 23.2 Å². The van der Waals surface area contributed by atoms with Crippen LogP contribution in [-0.2, 0) is 0 Å². The lowest BCUT2D eigenvalue weighted by atomic mass is 10.1. The molecule has 0 bridgehead atoms. The fourth-order valence-electron chi connectivity index (χ4n) is 2.21. The third-order valence-electron chi connectivity index (χ3n) is 3.25. The van der Waals surface area contributed by atoms with Gasteiger partial charge < -0.3 is 11.1 Å². The number of nitrogens with one attached hydrogen (secondary N) is 1. The van der Waals surface area contributed by atoms with Gasteiger partial charge in [-0.25, -0.2) is 0 Å². The van der Waals surface area contributed by atoms with Crippen molar-refractivity contribution in [3.8, 4) is 0 Å². The van der Waals surface area contributed by atoms with Crippen molar-refractivity contribution < 1.29 is 4.79 Å². The largest absolute Gasteiger partial charge is 0.396 e. The lowest BCUT2D eigenvalue weighted by molar-refractivity contribution is 0.0940. The molecule has 0 saturated carbocycles. The second kappa shape index (κ2) is 5.38. The molecule has 0 radical (unpaired) electrons. The molecule has 0 aromatic carbocycles. The summed E-state index contributed by atoms with van der Waals surface area (Å²) in [6, 6.07) is 4.08. The van der Waals surface area contributed by atoms with Crippen LogP contribution in [0.2, 0.25) is 0 Å². The van der Waals surface area contributed by atoms with E-state index in [2.05, 4.69) is 10.3 Å². The van der Waals surface area contributed by atoms with Crippen LogP contribution < -0.4 is 11.1 Å². The number of carbonyl (C=O) groups excluding carboxylic acids is 1. The first-order valence-electron chi connectivity index (χ1n) is 6.27. The summed E-state index contributed by atoms with van der Waals surface area (Å²) in [7, 11) is 0. The number of anilines is 1. The molecule has 2 aromatic heterocycles. The van der Waals surface area contributed by atoms with E-state index >= 15 is 0 Å². The number of thioether (sulfide) groups is 1. The molecule has 1 amide bonds. The molecule has 3 heterocycles. The molecule has 3 N–H and O–H groups in total. The summed E-state index contributed by atoms with van der Waals surface area (Å²) >= 11 is 3.36. The summed E-state index contributed by atoms with van der Waals surface area (Å²) in [6.45, 7) is 0. The number of fused-ring (bicyclic) bond motifs is 1. The number of hydrogen-bond donors (Lipinski definition) is 2. The number of carbonyl (C=O) groups is 1. The van der Waals surface area contributed by atoms with Crippen LogP contribution in [-0.4, -0.2) is 28.4 Å². The molecule has 3 rings (SSSR count). The lowest BCUT2D eigenvalue weighted by Gasteiger charge is -2.22. The highest BCUT2D eigenvalue weighted by molar-refractivity contribution is 7.99. The van der Waals surface area contributed by atoms with Gasteiger partial charge in [0, 0.05) is 12.2 Å². The van der Waals surface area contributed by atoms with E-state index in [-0.39, 0.29) is 11.9 Å². The number of aromatic nitrogens is 1. The van der Waals surface area contributed by atoms with Crippen LogP contribution in [0.15, 0.2) is 18.3 Å². The molecule has 2 aromatic rings. The fourth-order valence-corrected chi connectivity index (χ4v) is 4.30. The van der Waals surface area contributed by atoms with Gasteiger partial charge >= 0.3 is 0 Å². The molecule has 0 aliphatic carbocycles. The van der Waals surface area contributed by atoms with E-state index in [4.69, 9.17) is 5.73 Å². The highest BCUT2D eigenvalue weighted by Crippen LogP contribution is 2.32. The highest BCUT2D eigenvalue weighted by atomic mass is 32.2. The molecule has 1 fully saturated rings. The van der Waals surface area contributed by atoms with Gasteiger partial charge in [-0.05, 0) is 36.5 Å². The minimum atomic E-state index is -0.0580. The van der Waals surface area contributed by atoms with E-state index < -0.39 is 0 Å². The van der Waals surface area contributed by atoms with Crippen LogP contribution in [0.5, 0.6) is 0 Å². The third-order valence-corrected chi connectivity index (χ3v) is 5.45. The first kappa shape index (κ1) is 12.7. The van der Waals surface area contributed by atoms with Crippen LogP contribution in [0, 0.1) is 0 Å². The molecule has 100 valence electrons. The zero-order valence-corrected chi connectivity index (χ0v) is 12.0. The van der Waals surface area contributed by atoms with Crippen molar-refractivity contribution in [1.82, 2.24) is 10.3 Å². The zero-order valence-electron chi connectivity index (χ0n) is 10.4. The van der Waals surface area contributed by atoms with Crippen LogP contribution in [0.1, 0.15) is 22.5 Å². The maximum atomic E-state index is 12.3. The summed E-state index contributed by atoms with van der Waals surface area (Å²) in [4.78, 5) is 17.1. The first-order chi connectivity index (χ1) is 9.25. The SMILES string of the molecule is Nc1c(C(=O)NC2CCSCC2)sc2cccnc12. The second-order valence-corrected chi connectivity index (χ2v) is 6.83. The smallest absolute Gasteiger partial charge is 0.263 e. The standard InChI is InChI=1S/C13H15N3OS2/c14-10-11-9(2-1-5-15-11)19-12(10)13(17)16-8-3-6-18-7-4-8/h1-2,5,8H,3-4,6-7,14H2,(H,16,17). The predicted molar refractivity (Wildman–Crippen MR) is 81.8 cm³/mol. The average Bonchev–Trinajstić information content (AvgIpc) is 2.78. The molecular weight excluding hydrogens is 278 g/mol. The van der Waals surface area contributed by atoms with Crippen LogP contribution >= 0.6 is 23.1 Å². The molecule has 0 spiro atoms. The van der Waals surface area contributed by atoms with Gasteiger partial charge in [0.25, 0.3) is 5.91 Å². The van der Waals surface area contributed by atoms with E-state index in [1.54, 1.807) is 6.20 Å². The summed E-state index contributed by atoms with van der Waals surface area (Å²) in [6.07, 6.45) is 3.78. The van der Waals surface area contributed by atoms with Gasteiger partial charge in [0.1, 0.15) is 10.4 Å². The topological polar surface area (TPSA) is 68.0 Å². The Balaban J connectivity index is 1.83. The molecule has 0 atom stereocenters. The van der Waals surface area contributed by atoms with E-state index in [0.29, 0.717) is 10.6 Å². The molecule has 1 saturated heterocycles. The molecule has 0 unspecified atom stereocenters. The number of nitrogens with two attached hydrogens (primary N) is 1. The predicted octanol–water partition coefficient (Wildman–Crippen LogP) is 2.50. The van der Waals surface area contributed by atoms with Crippen LogP contribution in [0.3, 0.4) is 0 Å². The van der Waals surface area contributed by atoms with Crippen LogP contribution in [0.4, 0.5) is 5.69 Å². The molecule has 1 aliphatic heterocycles. The third kappa shape index (κ3) is 2.55. The molecule has 6 heteroatoms. The van der Waals surface area contributed by atoms with E-state index in [0.717, 1.165) is 34.6 Å². The minimum Gasteiger partial charge on any atom is -0.396 e. The lowest BCUT2D eigenvalue weighted by Crippen LogP contribution is -2.37. The molecule has 4 nitrogen and oxygen atoms in total. The Hall–Kier alpha value is -1.27. The van der Waals surface area contributed by atoms with E-state index in [1.807, 2.05) is 23.9 Å². The van der Waals surface area contributed by atoms with Crippen molar-refractivity contribution in [3.63, 3.8) is 0 Å². The Morgan fingerprint density at radius 3 is 2.95 bits per heavy atom. The summed E-state index contributed by atoms with van der Waals surface area (Å²) in [5.74, 6) is 2.18. The molecular formula is C13H15N3OS2. The van der Waals surface area contributed by atoms with Gasteiger partial charge in [-0.2, -0.15) is 11.8 Å². The number of nitrogens with zero attached hydrogens (tertiary/aromatic N) is 1. The van der Waals surface area contributed by atoms with Gasteiger partial charge in [-0.3, -0.25) is 9.78 Å². The molecule has 1 aliphatic rings. The van der Waals surface area contributed by atoms with Crippen molar-refractivity contribution in [2.75, 3.05) is 17.2 Å². The maximum Gasteiger partial charge on any atom is 0.263 e. The Kier molecular flexibility index (Phi) is 3.61. The second-order valence-electron chi connectivity index (χ2n) is 4.56. The number of hydrogen-bond acceptors (Lipinski definition) is 5. The van der Waals surface area contributed by atoms with Gasteiger partial charge in [-0.15, -0.1) is 11.3 Å². The highest BCUT2D eigenvalue weighted by Gasteiger charge is 2.21. The maximum absolute atomic E-state index is 12.3. The summed E-state index contributed by atoms with van der Waals surface area (Å²) in [5, 5.41) is 3.09. The number of rotatable bonds is 2. The van der Waals surface area contributed by atoms with Gasteiger partial charge in [0.05, 0.1) is 10.4 Å². The van der Waals surface area contributed by atoms with Crippen molar-refractivity contribution in [1.29, 1.82) is 0 Å². The van der Waals surface area contributed by atoms with E-state index in [1.165, 1.54) is 11.3 Å². The van der Waals surface area contributed by atoms with Crippen molar-refractivity contribution in [2.24, 2.45) is 0 Å². The quantitative estimate of drug-likeness (QED) is 0.892. The Labute approximate surface area is 119 Å². The normalized spacial score (nSPS) is 16.6. The molecule has 19 heavy (non-hydrogen) atoms. The fraction of sp³-hybridized carbons (Fsp3) is 0.385. The van der Waals surface area contributed by atoms with Crippen molar-refractivity contribution >= 4 is 44.9 Å². The Morgan fingerprint density at radius 2 is 2.21 bits per heavy atom. The average molecular weight is 293 g/mol. The summed E-state index contributed by atoms with van der Waals surface area (Å²) in [5.41, 5.74) is 7.26. The monoisotopic (exact) mass is 293 g/mol. The van der Waals surface area contributed by atoms with Gasteiger partial charge in [0.2, 0.25) is 0 Å². The zero-order chi connectivity index (χ0) is 13.2. The Morgan fingerprint density at radius 1 is 1.42 bits per heavy atom. The Bertz CT molecular complexity index is 605. The minimum absolute atomic E-state index is 0.0580. The number of nitrogen functional groups attached to an aromatic ring is 1. The van der Waals surface area contributed by atoms with Gasteiger partial charge in [-0.1, -0.05) is 0 Å². The number of thiophene rings is 1. The van der Waals surface area contributed by atoms with E-state index in [9.17, 15) is 4.79 Å². The summed E-state index contributed by atoms with van der Waals surface area (Å²) < 4.78 is 0.962. The van der Waals surface area contributed by atoms with Gasteiger partial charge in [0.15, 0.2) is 0 Å². The number of amides is 1. The van der Waals surface area contributed by atoms with Crippen LogP contribution in [0.25, 0.3) is 10.2 Å². The van der Waals surface area contributed by atoms with Crippen molar-refractivity contribution in [2.45, 2.75) is 18.9 Å².